The van der Waals surface area contributed by atoms with Gasteiger partial charge in [0, 0.05) is 12.1 Å². The second-order valence-corrected chi connectivity index (χ2v) is 12.4. The van der Waals surface area contributed by atoms with Gasteiger partial charge in [-0.3, -0.25) is 9.13 Å². The normalized spacial score (nSPS) is 24.5. The number of hydrogen-bond acceptors (Lipinski definition) is 10. The first kappa shape index (κ1) is 28.9. The first-order valence-corrected chi connectivity index (χ1v) is 15.6. The zero-order valence-electron chi connectivity index (χ0n) is 23.6. The van der Waals surface area contributed by atoms with Crippen LogP contribution < -0.4 is 5.32 Å². The summed E-state index contributed by atoms with van der Waals surface area (Å²) in [4.78, 5) is 24.3. The van der Waals surface area contributed by atoms with Gasteiger partial charge in [0.25, 0.3) is 0 Å². The summed E-state index contributed by atoms with van der Waals surface area (Å²) in [5.74, 6) is 0.263. The molecule has 2 aromatic heterocycles. The van der Waals surface area contributed by atoms with E-state index in [2.05, 4.69) is 10.3 Å². The lowest BCUT2D eigenvalue weighted by molar-refractivity contribution is -0.201. The van der Waals surface area contributed by atoms with Crippen molar-refractivity contribution in [3.8, 4) is 11.4 Å². The fourth-order valence-corrected chi connectivity index (χ4v) is 6.08. The van der Waals surface area contributed by atoms with Crippen molar-refractivity contribution in [2.75, 3.05) is 24.9 Å². The third kappa shape index (κ3) is 6.11. The molecule has 0 radical (unpaired) electrons. The highest BCUT2D eigenvalue weighted by Gasteiger charge is 2.56. The van der Waals surface area contributed by atoms with Crippen LogP contribution in [0.15, 0.2) is 67.0 Å². The quantitative estimate of drug-likeness (QED) is 0.233. The third-order valence-electron chi connectivity index (χ3n) is 7.02. The predicted octanol–water partition coefficient (Wildman–Crippen LogP) is 4.72. The predicted molar refractivity (Wildman–Crippen MR) is 155 cm³/mol. The summed E-state index contributed by atoms with van der Waals surface area (Å²) >= 11 is 0. The molecule has 6 rings (SSSR count). The van der Waals surface area contributed by atoms with Gasteiger partial charge in [-0.25, -0.2) is 15.0 Å². The van der Waals surface area contributed by atoms with E-state index in [0.717, 1.165) is 11.1 Å². The van der Waals surface area contributed by atoms with Crippen molar-refractivity contribution in [3.63, 3.8) is 0 Å². The molecule has 2 aliphatic heterocycles. The van der Waals surface area contributed by atoms with Gasteiger partial charge in [0.2, 0.25) is 0 Å². The number of nitrogens with one attached hydrogen (secondary N) is 1. The molecule has 13 heteroatoms. The fourth-order valence-electron chi connectivity index (χ4n) is 5.26. The molecule has 2 N–H and O–H groups in total. The summed E-state index contributed by atoms with van der Waals surface area (Å²) in [5.41, 5.74) is 3.11. The average Bonchev–Trinajstić information content (AvgIpc) is 3.63. The number of ether oxygens (including phenoxy) is 4. The maximum atomic E-state index is 12.1. The highest BCUT2D eigenvalue weighted by atomic mass is 31.2. The van der Waals surface area contributed by atoms with Crippen LogP contribution in [0.2, 0.25) is 0 Å². The maximum Gasteiger partial charge on any atom is 0.353 e. The Morgan fingerprint density at radius 2 is 1.76 bits per heavy atom. The molecule has 0 aliphatic carbocycles. The van der Waals surface area contributed by atoms with E-state index in [1.165, 1.54) is 0 Å². The molecule has 0 amide bonds. The van der Waals surface area contributed by atoms with E-state index < -0.39 is 44.3 Å². The van der Waals surface area contributed by atoms with Crippen LogP contribution in [0.3, 0.4) is 0 Å². The first-order chi connectivity index (χ1) is 20.2. The van der Waals surface area contributed by atoms with Crippen molar-refractivity contribution in [2.45, 2.75) is 57.6 Å². The van der Waals surface area contributed by atoms with Gasteiger partial charge in [0.05, 0.1) is 19.5 Å². The number of rotatable bonds is 11. The minimum absolute atomic E-state index is 0.00942. The third-order valence-corrected chi connectivity index (χ3v) is 8.19. The van der Waals surface area contributed by atoms with Gasteiger partial charge >= 0.3 is 7.60 Å². The molecule has 2 unspecified atom stereocenters. The molecule has 4 heterocycles. The van der Waals surface area contributed by atoms with Crippen LogP contribution in [0.25, 0.3) is 22.6 Å². The summed E-state index contributed by atoms with van der Waals surface area (Å²) in [5, 5.41) is 3.43. The van der Waals surface area contributed by atoms with Gasteiger partial charge < -0.3 is 33.7 Å². The molecule has 2 fully saturated rings. The average molecular weight is 596 g/mol. The van der Waals surface area contributed by atoms with E-state index in [1.807, 2.05) is 79.1 Å². The Morgan fingerprint density at radius 3 is 2.50 bits per heavy atom. The smallest absolute Gasteiger partial charge is 0.353 e. The SMILES string of the molecule is CCOP(=O)(O)COCC1O[C@@H](n2cnc3c(NCc4ccccc4)nc(-c4ccccc4)nc32)[C@@H]2OC(C)(C)O[C@H]12. The van der Waals surface area contributed by atoms with Crippen LogP contribution in [0.4, 0.5) is 5.82 Å². The van der Waals surface area contributed by atoms with Crippen molar-refractivity contribution in [1.29, 1.82) is 0 Å². The minimum atomic E-state index is -3.86. The van der Waals surface area contributed by atoms with Crippen molar-refractivity contribution in [2.24, 2.45) is 0 Å². The molecule has 42 heavy (non-hydrogen) atoms. The number of fused-ring (bicyclic) bond motifs is 2. The second kappa shape index (κ2) is 11.8. The number of hydrogen-bond donors (Lipinski definition) is 2. The number of nitrogens with zero attached hydrogens (tertiary/aromatic N) is 4. The van der Waals surface area contributed by atoms with Crippen LogP contribution in [0.1, 0.15) is 32.6 Å². The van der Waals surface area contributed by atoms with E-state index in [0.29, 0.717) is 29.4 Å². The van der Waals surface area contributed by atoms with Gasteiger partial charge in [0.15, 0.2) is 34.8 Å². The molecule has 2 aromatic carbocycles. The molecule has 222 valence electrons. The van der Waals surface area contributed by atoms with E-state index in [4.69, 9.17) is 33.4 Å². The van der Waals surface area contributed by atoms with Gasteiger partial charge in [-0.1, -0.05) is 60.7 Å². The lowest BCUT2D eigenvalue weighted by Gasteiger charge is -2.25. The number of imidazole rings is 1. The number of anilines is 1. The Hall–Kier alpha value is -3.22. The number of aromatic nitrogens is 4. The van der Waals surface area contributed by atoms with Gasteiger partial charge in [-0.05, 0) is 26.3 Å². The van der Waals surface area contributed by atoms with E-state index in [9.17, 15) is 9.46 Å². The summed E-state index contributed by atoms with van der Waals surface area (Å²) in [6, 6.07) is 19.8. The molecule has 5 atom stereocenters. The zero-order chi connectivity index (χ0) is 29.3. The number of benzene rings is 2. The van der Waals surface area contributed by atoms with E-state index in [1.54, 1.807) is 13.3 Å². The van der Waals surface area contributed by atoms with Gasteiger partial charge in [-0.2, -0.15) is 0 Å². The summed E-state index contributed by atoms with van der Waals surface area (Å²) in [7, 11) is -3.86. The second-order valence-electron chi connectivity index (χ2n) is 10.6. The molecule has 0 bridgehead atoms. The molecule has 0 saturated carbocycles. The molecule has 0 spiro atoms. The van der Waals surface area contributed by atoms with Crippen LogP contribution in [-0.2, 0) is 34.6 Å². The van der Waals surface area contributed by atoms with Crippen molar-refractivity contribution in [1.82, 2.24) is 19.5 Å². The zero-order valence-corrected chi connectivity index (χ0v) is 24.5. The Bertz CT molecular complexity index is 1570. The Morgan fingerprint density at radius 1 is 1.05 bits per heavy atom. The molecule has 2 saturated heterocycles. The molecule has 4 aromatic rings. The van der Waals surface area contributed by atoms with Crippen molar-refractivity contribution in [3.05, 3.63) is 72.6 Å². The highest BCUT2D eigenvalue weighted by molar-refractivity contribution is 7.52. The van der Waals surface area contributed by atoms with Crippen LogP contribution in [-0.4, -0.2) is 68.1 Å². The Balaban J connectivity index is 1.33. The topological polar surface area (TPSA) is 139 Å². The first-order valence-electron chi connectivity index (χ1n) is 13.9. The van der Waals surface area contributed by atoms with Crippen LogP contribution in [0.5, 0.6) is 0 Å². The fraction of sp³-hybridized carbons (Fsp3) is 0.414. The van der Waals surface area contributed by atoms with Gasteiger partial charge in [0.1, 0.15) is 24.7 Å². The summed E-state index contributed by atoms with van der Waals surface area (Å²) in [6.07, 6.45) is -1.01. The van der Waals surface area contributed by atoms with E-state index >= 15 is 0 Å². The van der Waals surface area contributed by atoms with Crippen molar-refractivity contribution < 1.29 is 32.9 Å². The maximum absolute atomic E-state index is 12.1. The molecule has 12 nitrogen and oxygen atoms in total. The minimum Gasteiger partial charge on any atom is -0.366 e. The largest absolute Gasteiger partial charge is 0.366 e. The van der Waals surface area contributed by atoms with E-state index in [-0.39, 0.29) is 13.2 Å². The summed E-state index contributed by atoms with van der Waals surface area (Å²) in [6.45, 7) is 6.00. The summed E-state index contributed by atoms with van der Waals surface area (Å²) < 4.78 is 43.3. The van der Waals surface area contributed by atoms with Gasteiger partial charge in [-0.15, -0.1) is 0 Å². The Labute approximate surface area is 243 Å². The monoisotopic (exact) mass is 595 g/mol. The lowest BCUT2D eigenvalue weighted by atomic mass is 10.1. The molecule has 2 aliphatic rings. The lowest BCUT2D eigenvalue weighted by Crippen LogP contribution is -2.33. The van der Waals surface area contributed by atoms with Crippen molar-refractivity contribution >= 4 is 24.6 Å². The Kier molecular flexibility index (Phi) is 8.12. The highest BCUT2D eigenvalue weighted by Crippen LogP contribution is 2.45. The van der Waals surface area contributed by atoms with Crippen LogP contribution >= 0.6 is 7.60 Å². The van der Waals surface area contributed by atoms with Crippen LogP contribution in [0, 0.1) is 0 Å². The molecular weight excluding hydrogens is 561 g/mol. The standard InChI is InChI=1S/C29H34N5O7P/c1-4-38-42(35,36)18-37-16-21-23-24(41-29(2,3)40-23)28(39-21)34-17-31-22-26(30-15-19-11-7-5-8-12-19)32-25(33-27(22)34)20-13-9-6-10-14-20/h5-14,17,21,23-24,28H,4,15-16,18H2,1-3H3,(H,35,36)(H,30,32,33)/t21?,23-,24-,28-/m1/s1. The molecular formula is C29H34N5O7P.